The summed E-state index contributed by atoms with van der Waals surface area (Å²) in [5.74, 6) is 0.170. The van der Waals surface area contributed by atoms with Gasteiger partial charge in [0, 0.05) is 29.7 Å². The minimum atomic E-state index is 0.170. The van der Waals surface area contributed by atoms with Crippen LogP contribution >= 0.6 is 11.8 Å². The first-order valence-corrected chi connectivity index (χ1v) is 6.02. The maximum absolute atomic E-state index is 11.7. The van der Waals surface area contributed by atoms with Crippen LogP contribution in [0, 0.1) is 0 Å². The molecule has 0 aromatic heterocycles. The summed E-state index contributed by atoms with van der Waals surface area (Å²) in [6.07, 6.45) is 1.73. The van der Waals surface area contributed by atoms with Crippen molar-refractivity contribution >= 4 is 17.7 Å². The lowest BCUT2D eigenvalue weighted by molar-refractivity contribution is -0.126. The first-order chi connectivity index (χ1) is 6.49. The highest BCUT2D eigenvalue weighted by Gasteiger charge is 2.24. The van der Waals surface area contributed by atoms with Crippen molar-refractivity contribution in [2.24, 2.45) is 0 Å². The molecule has 1 heterocycles. The Morgan fingerprint density at radius 1 is 1.29 bits per heavy atom. The molecule has 1 fully saturated rings. The molecule has 14 heavy (non-hydrogen) atoms. The third-order valence-corrected chi connectivity index (χ3v) is 3.37. The molecule has 0 spiro atoms. The van der Waals surface area contributed by atoms with Gasteiger partial charge in [0.25, 0.3) is 0 Å². The van der Waals surface area contributed by atoms with Gasteiger partial charge >= 0.3 is 0 Å². The van der Waals surface area contributed by atoms with Gasteiger partial charge in [-0.2, -0.15) is 11.8 Å². The first-order valence-electron chi connectivity index (χ1n) is 5.08. The smallest absolute Gasteiger partial charge is 0.246 e. The predicted octanol–water partition coefficient (Wildman–Crippen LogP) is 2.31. The van der Waals surface area contributed by atoms with E-state index in [4.69, 9.17) is 0 Å². The SMILES string of the molecule is CC(C)=CC(=O)N1CC(C)SC(C)C1. The van der Waals surface area contributed by atoms with Gasteiger partial charge in [0.1, 0.15) is 0 Å². The summed E-state index contributed by atoms with van der Waals surface area (Å²) in [4.78, 5) is 13.7. The zero-order valence-electron chi connectivity index (χ0n) is 9.41. The van der Waals surface area contributed by atoms with Crippen LogP contribution in [0.5, 0.6) is 0 Å². The largest absolute Gasteiger partial charge is 0.337 e. The molecular weight excluding hydrogens is 194 g/mol. The van der Waals surface area contributed by atoms with Crippen molar-refractivity contribution in [2.45, 2.75) is 38.2 Å². The highest BCUT2D eigenvalue weighted by atomic mass is 32.2. The molecule has 0 bridgehead atoms. The van der Waals surface area contributed by atoms with Gasteiger partial charge in [-0.3, -0.25) is 4.79 Å². The minimum absolute atomic E-state index is 0.170. The van der Waals surface area contributed by atoms with Gasteiger partial charge < -0.3 is 4.90 Å². The van der Waals surface area contributed by atoms with Crippen LogP contribution in [0.25, 0.3) is 0 Å². The van der Waals surface area contributed by atoms with E-state index in [1.165, 1.54) is 0 Å². The van der Waals surface area contributed by atoms with E-state index < -0.39 is 0 Å². The Morgan fingerprint density at radius 2 is 1.79 bits per heavy atom. The van der Waals surface area contributed by atoms with E-state index in [0.29, 0.717) is 10.5 Å². The molecule has 2 unspecified atom stereocenters. The van der Waals surface area contributed by atoms with Crippen LogP contribution < -0.4 is 0 Å². The summed E-state index contributed by atoms with van der Waals surface area (Å²) in [6.45, 7) is 10.1. The number of hydrogen-bond donors (Lipinski definition) is 0. The van der Waals surface area contributed by atoms with Gasteiger partial charge in [-0.15, -0.1) is 0 Å². The van der Waals surface area contributed by atoms with Gasteiger partial charge in [-0.05, 0) is 13.8 Å². The van der Waals surface area contributed by atoms with Gasteiger partial charge in [0.2, 0.25) is 5.91 Å². The molecule has 3 heteroatoms. The van der Waals surface area contributed by atoms with E-state index in [0.717, 1.165) is 18.7 Å². The van der Waals surface area contributed by atoms with Gasteiger partial charge in [0.15, 0.2) is 0 Å². The first kappa shape index (κ1) is 11.6. The van der Waals surface area contributed by atoms with Gasteiger partial charge in [-0.1, -0.05) is 19.4 Å². The topological polar surface area (TPSA) is 20.3 Å². The Hall–Kier alpha value is -0.440. The molecule has 2 nitrogen and oxygen atoms in total. The predicted molar refractivity (Wildman–Crippen MR) is 62.5 cm³/mol. The fraction of sp³-hybridized carbons (Fsp3) is 0.727. The molecule has 0 aromatic rings. The summed E-state index contributed by atoms with van der Waals surface area (Å²) in [5, 5.41) is 1.13. The van der Waals surface area contributed by atoms with Crippen LogP contribution in [0.3, 0.4) is 0 Å². The van der Waals surface area contributed by atoms with Crippen LogP contribution in [-0.4, -0.2) is 34.4 Å². The fourth-order valence-corrected chi connectivity index (χ4v) is 3.02. The molecule has 0 radical (unpaired) electrons. The van der Waals surface area contributed by atoms with Crippen LogP contribution in [0.4, 0.5) is 0 Å². The maximum atomic E-state index is 11.7. The lowest BCUT2D eigenvalue weighted by Crippen LogP contribution is -2.43. The Kier molecular flexibility index (Phi) is 4.05. The van der Waals surface area contributed by atoms with Crippen LogP contribution in [0.15, 0.2) is 11.6 Å². The zero-order chi connectivity index (χ0) is 10.7. The molecular formula is C11H19NOS. The van der Waals surface area contributed by atoms with Crippen molar-refractivity contribution in [3.63, 3.8) is 0 Å². The van der Waals surface area contributed by atoms with E-state index >= 15 is 0 Å². The number of carbonyl (C=O) groups excluding carboxylic acids is 1. The second kappa shape index (κ2) is 4.87. The highest BCUT2D eigenvalue weighted by Crippen LogP contribution is 2.24. The Morgan fingerprint density at radius 3 is 2.21 bits per heavy atom. The lowest BCUT2D eigenvalue weighted by Gasteiger charge is -2.34. The zero-order valence-corrected chi connectivity index (χ0v) is 10.2. The summed E-state index contributed by atoms with van der Waals surface area (Å²) in [5.41, 5.74) is 1.08. The molecule has 1 aliphatic rings. The second-order valence-corrected chi connectivity index (χ2v) is 6.10. The van der Waals surface area contributed by atoms with Crippen molar-refractivity contribution in [3.8, 4) is 0 Å². The maximum Gasteiger partial charge on any atom is 0.246 e. The van der Waals surface area contributed by atoms with E-state index in [1.54, 1.807) is 6.08 Å². The molecule has 80 valence electrons. The van der Waals surface area contributed by atoms with Crippen LogP contribution in [0.1, 0.15) is 27.7 Å². The molecule has 1 amide bonds. The number of thioether (sulfide) groups is 1. The van der Waals surface area contributed by atoms with E-state index in [1.807, 2.05) is 30.5 Å². The van der Waals surface area contributed by atoms with Gasteiger partial charge in [0.05, 0.1) is 0 Å². The summed E-state index contributed by atoms with van der Waals surface area (Å²) >= 11 is 1.97. The van der Waals surface area contributed by atoms with E-state index in [2.05, 4.69) is 13.8 Å². The number of allylic oxidation sites excluding steroid dienone is 1. The number of amides is 1. The Labute approximate surface area is 90.7 Å². The van der Waals surface area contributed by atoms with Crippen LogP contribution in [-0.2, 0) is 4.79 Å². The molecule has 0 N–H and O–H groups in total. The number of carbonyl (C=O) groups is 1. The molecule has 1 saturated heterocycles. The molecule has 1 rings (SSSR count). The summed E-state index contributed by atoms with van der Waals surface area (Å²) in [6, 6.07) is 0. The fourth-order valence-electron chi connectivity index (χ4n) is 1.70. The van der Waals surface area contributed by atoms with E-state index in [-0.39, 0.29) is 5.91 Å². The van der Waals surface area contributed by atoms with E-state index in [9.17, 15) is 4.79 Å². The quantitative estimate of drug-likeness (QED) is 0.623. The molecule has 2 atom stereocenters. The third-order valence-electron chi connectivity index (χ3n) is 2.14. The van der Waals surface area contributed by atoms with Crippen molar-refractivity contribution in [2.75, 3.05) is 13.1 Å². The third kappa shape index (κ3) is 3.37. The van der Waals surface area contributed by atoms with Crippen molar-refractivity contribution in [1.82, 2.24) is 4.90 Å². The molecule has 0 aliphatic carbocycles. The number of hydrogen-bond acceptors (Lipinski definition) is 2. The monoisotopic (exact) mass is 213 g/mol. The number of nitrogens with zero attached hydrogens (tertiary/aromatic N) is 1. The van der Waals surface area contributed by atoms with Crippen molar-refractivity contribution < 1.29 is 4.79 Å². The molecule has 0 saturated carbocycles. The second-order valence-electron chi connectivity index (χ2n) is 4.22. The standard InChI is InChI=1S/C11H19NOS/c1-8(2)5-11(13)12-6-9(3)14-10(4)7-12/h5,9-10H,6-7H2,1-4H3. The van der Waals surface area contributed by atoms with Crippen molar-refractivity contribution in [1.29, 1.82) is 0 Å². The highest BCUT2D eigenvalue weighted by molar-refractivity contribution is 8.00. The Bertz CT molecular complexity index is 236. The normalized spacial score (nSPS) is 27.3. The number of rotatable bonds is 1. The summed E-state index contributed by atoms with van der Waals surface area (Å²) < 4.78 is 0. The minimum Gasteiger partial charge on any atom is -0.337 e. The summed E-state index contributed by atoms with van der Waals surface area (Å²) in [7, 11) is 0. The molecule has 0 aromatic carbocycles. The van der Waals surface area contributed by atoms with Gasteiger partial charge in [-0.25, -0.2) is 0 Å². The lowest BCUT2D eigenvalue weighted by atomic mass is 10.2. The van der Waals surface area contributed by atoms with Crippen molar-refractivity contribution in [3.05, 3.63) is 11.6 Å². The molecule has 1 aliphatic heterocycles. The average molecular weight is 213 g/mol. The average Bonchev–Trinajstić information content (AvgIpc) is 2.00. The Balaban J connectivity index is 2.59. The van der Waals surface area contributed by atoms with Crippen LogP contribution in [0.2, 0.25) is 0 Å².